The Kier molecular flexibility index (Phi) is 3.28. The topological polar surface area (TPSA) is 63.8 Å². The van der Waals surface area contributed by atoms with E-state index >= 15 is 0 Å². The summed E-state index contributed by atoms with van der Waals surface area (Å²) in [6.45, 7) is 6.66. The van der Waals surface area contributed by atoms with Gasteiger partial charge in [-0.25, -0.2) is 9.97 Å². The van der Waals surface area contributed by atoms with Gasteiger partial charge in [-0.3, -0.25) is 0 Å². The number of nitrogens with one attached hydrogen (secondary N) is 1. The molecular formula is C12H16N4S. The second-order valence-electron chi connectivity index (χ2n) is 4.01. The first-order chi connectivity index (χ1) is 8.08. The summed E-state index contributed by atoms with van der Waals surface area (Å²) < 4.78 is 0. The van der Waals surface area contributed by atoms with Crippen molar-refractivity contribution in [1.82, 2.24) is 9.97 Å². The summed E-state index contributed by atoms with van der Waals surface area (Å²) in [6, 6.07) is 2.12. The van der Waals surface area contributed by atoms with Crippen LogP contribution in [0.1, 0.15) is 21.8 Å². The van der Waals surface area contributed by atoms with E-state index in [0.29, 0.717) is 11.6 Å². The normalized spacial score (nSPS) is 10.5. The van der Waals surface area contributed by atoms with Gasteiger partial charge in [-0.05, 0) is 37.8 Å². The third kappa shape index (κ3) is 2.55. The number of anilines is 2. The summed E-state index contributed by atoms with van der Waals surface area (Å²) in [5.41, 5.74) is 8.02. The number of nitrogen functional groups attached to an aromatic ring is 1. The first-order valence-electron chi connectivity index (χ1n) is 5.45. The van der Waals surface area contributed by atoms with E-state index in [1.54, 1.807) is 11.3 Å². The Labute approximate surface area is 105 Å². The van der Waals surface area contributed by atoms with Crippen LogP contribution >= 0.6 is 11.3 Å². The van der Waals surface area contributed by atoms with Gasteiger partial charge in [0.2, 0.25) is 0 Å². The molecule has 4 nitrogen and oxygen atoms in total. The fourth-order valence-electron chi connectivity index (χ4n) is 1.57. The molecule has 5 heteroatoms. The molecule has 0 atom stereocenters. The van der Waals surface area contributed by atoms with Crippen LogP contribution in [0.5, 0.6) is 0 Å². The highest BCUT2D eigenvalue weighted by molar-refractivity contribution is 7.10. The highest BCUT2D eigenvalue weighted by Crippen LogP contribution is 2.20. The number of aromatic nitrogens is 2. The van der Waals surface area contributed by atoms with Gasteiger partial charge in [0, 0.05) is 10.4 Å². The SMILES string of the molecule is Cc1nc(N)c(C)c(NCc2sccc2C)n1. The van der Waals surface area contributed by atoms with E-state index in [-0.39, 0.29) is 0 Å². The molecule has 0 aliphatic carbocycles. The lowest BCUT2D eigenvalue weighted by molar-refractivity contribution is 1.01. The Hall–Kier alpha value is -1.62. The number of thiophene rings is 1. The van der Waals surface area contributed by atoms with Crippen molar-refractivity contribution in [3.8, 4) is 0 Å². The van der Waals surface area contributed by atoms with Crippen LogP contribution in [0.2, 0.25) is 0 Å². The number of aryl methyl sites for hydroxylation is 2. The molecule has 0 bridgehead atoms. The van der Waals surface area contributed by atoms with E-state index in [9.17, 15) is 0 Å². The van der Waals surface area contributed by atoms with Crippen LogP contribution in [0.3, 0.4) is 0 Å². The van der Waals surface area contributed by atoms with Crippen molar-refractivity contribution in [3.05, 3.63) is 33.3 Å². The summed E-state index contributed by atoms with van der Waals surface area (Å²) in [5.74, 6) is 2.06. The molecule has 0 fully saturated rings. The van der Waals surface area contributed by atoms with E-state index in [0.717, 1.165) is 17.9 Å². The Morgan fingerprint density at radius 2 is 2.06 bits per heavy atom. The van der Waals surface area contributed by atoms with Crippen LogP contribution in [-0.2, 0) is 6.54 Å². The maximum atomic E-state index is 5.81. The zero-order valence-corrected chi connectivity index (χ0v) is 11.1. The number of rotatable bonds is 3. The fraction of sp³-hybridized carbons (Fsp3) is 0.333. The highest BCUT2D eigenvalue weighted by Gasteiger charge is 2.07. The molecule has 0 spiro atoms. The van der Waals surface area contributed by atoms with Crippen molar-refractivity contribution in [2.24, 2.45) is 0 Å². The van der Waals surface area contributed by atoms with Gasteiger partial charge in [-0.1, -0.05) is 0 Å². The van der Waals surface area contributed by atoms with Gasteiger partial charge >= 0.3 is 0 Å². The maximum absolute atomic E-state index is 5.81. The molecule has 0 saturated carbocycles. The van der Waals surface area contributed by atoms with Crippen molar-refractivity contribution in [2.45, 2.75) is 27.3 Å². The van der Waals surface area contributed by atoms with E-state index in [1.165, 1.54) is 10.4 Å². The van der Waals surface area contributed by atoms with Crippen LogP contribution in [0.15, 0.2) is 11.4 Å². The Balaban J connectivity index is 2.17. The monoisotopic (exact) mass is 248 g/mol. The molecule has 0 aliphatic heterocycles. The van der Waals surface area contributed by atoms with E-state index < -0.39 is 0 Å². The van der Waals surface area contributed by atoms with Gasteiger partial charge in [0.25, 0.3) is 0 Å². The zero-order valence-electron chi connectivity index (χ0n) is 10.2. The van der Waals surface area contributed by atoms with Crippen LogP contribution in [0.4, 0.5) is 11.6 Å². The lowest BCUT2D eigenvalue weighted by Gasteiger charge is -2.10. The van der Waals surface area contributed by atoms with E-state index in [4.69, 9.17) is 5.73 Å². The molecule has 3 N–H and O–H groups in total. The largest absolute Gasteiger partial charge is 0.383 e. The van der Waals surface area contributed by atoms with Crippen LogP contribution in [0, 0.1) is 20.8 Å². The van der Waals surface area contributed by atoms with Gasteiger partial charge < -0.3 is 11.1 Å². The standard InChI is InChI=1S/C12H16N4S/c1-7-4-5-17-10(7)6-14-12-8(2)11(13)15-9(3)16-12/h4-5H,6H2,1-3H3,(H3,13,14,15,16). The molecule has 0 amide bonds. The molecule has 0 saturated heterocycles. The van der Waals surface area contributed by atoms with Gasteiger partial charge in [-0.15, -0.1) is 11.3 Å². The van der Waals surface area contributed by atoms with Gasteiger partial charge in [0.15, 0.2) is 0 Å². The lowest BCUT2D eigenvalue weighted by Crippen LogP contribution is -2.07. The smallest absolute Gasteiger partial charge is 0.135 e. The van der Waals surface area contributed by atoms with Crippen LogP contribution in [-0.4, -0.2) is 9.97 Å². The second-order valence-corrected chi connectivity index (χ2v) is 5.01. The van der Waals surface area contributed by atoms with E-state index in [1.807, 2.05) is 13.8 Å². The third-order valence-electron chi connectivity index (χ3n) is 2.68. The summed E-state index contributed by atoms with van der Waals surface area (Å²) in [5, 5.41) is 5.41. The maximum Gasteiger partial charge on any atom is 0.135 e. The second kappa shape index (κ2) is 4.71. The minimum absolute atomic E-state index is 0.544. The number of nitrogens with two attached hydrogens (primary N) is 1. The molecule has 2 rings (SSSR count). The molecule has 90 valence electrons. The number of hydrogen-bond donors (Lipinski definition) is 2. The zero-order chi connectivity index (χ0) is 12.4. The molecule has 0 aromatic carbocycles. The van der Waals surface area contributed by atoms with Crippen molar-refractivity contribution >= 4 is 23.0 Å². The predicted octanol–water partition coefficient (Wildman–Crippen LogP) is 2.66. The molecule has 0 aliphatic rings. The summed E-state index contributed by atoms with van der Waals surface area (Å²) in [7, 11) is 0. The summed E-state index contributed by atoms with van der Waals surface area (Å²) >= 11 is 1.75. The van der Waals surface area contributed by atoms with Gasteiger partial charge in [0.05, 0.1) is 6.54 Å². The first kappa shape index (κ1) is 11.9. The van der Waals surface area contributed by atoms with Crippen molar-refractivity contribution in [1.29, 1.82) is 0 Å². The Morgan fingerprint density at radius 1 is 1.29 bits per heavy atom. The van der Waals surface area contributed by atoms with E-state index in [2.05, 4.69) is 33.7 Å². The highest BCUT2D eigenvalue weighted by atomic mass is 32.1. The number of hydrogen-bond acceptors (Lipinski definition) is 5. The van der Waals surface area contributed by atoms with Gasteiger partial charge in [-0.2, -0.15) is 0 Å². The van der Waals surface area contributed by atoms with Gasteiger partial charge in [0.1, 0.15) is 17.5 Å². The van der Waals surface area contributed by atoms with Crippen LogP contribution in [0.25, 0.3) is 0 Å². The summed E-state index contributed by atoms with van der Waals surface area (Å²) in [6.07, 6.45) is 0. The first-order valence-corrected chi connectivity index (χ1v) is 6.33. The summed E-state index contributed by atoms with van der Waals surface area (Å²) in [4.78, 5) is 9.81. The molecule has 2 aromatic rings. The average Bonchev–Trinajstić information content (AvgIpc) is 2.67. The Morgan fingerprint density at radius 3 is 2.71 bits per heavy atom. The minimum Gasteiger partial charge on any atom is -0.383 e. The molecular weight excluding hydrogens is 232 g/mol. The molecule has 0 unspecified atom stereocenters. The number of nitrogens with zero attached hydrogens (tertiary/aromatic N) is 2. The minimum atomic E-state index is 0.544. The van der Waals surface area contributed by atoms with Crippen LogP contribution < -0.4 is 11.1 Å². The average molecular weight is 248 g/mol. The molecule has 0 radical (unpaired) electrons. The Bertz CT molecular complexity index is 533. The van der Waals surface area contributed by atoms with Crippen molar-refractivity contribution < 1.29 is 0 Å². The van der Waals surface area contributed by atoms with Crippen molar-refractivity contribution in [2.75, 3.05) is 11.1 Å². The fourth-order valence-corrected chi connectivity index (χ4v) is 2.42. The molecule has 2 heterocycles. The lowest BCUT2D eigenvalue weighted by atomic mass is 10.2. The molecule has 2 aromatic heterocycles. The molecule has 17 heavy (non-hydrogen) atoms. The predicted molar refractivity (Wildman–Crippen MR) is 72.3 cm³/mol. The third-order valence-corrected chi connectivity index (χ3v) is 3.70. The van der Waals surface area contributed by atoms with Crippen molar-refractivity contribution in [3.63, 3.8) is 0 Å². The quantitative estimate of drug-likeness (QED) is 0.876.